The summed E-state index contributed by atoms with van der Waals surface area (Å²) < 4.78 is 15.6. The minimum Gasteiger partial charge on any atom is -0.320 e. The molecule has 0 aliphatic rings. The zero-order valence-electron chi connectivity index (χ0n) is 10.8. The third kappa shape index (κ3) is 2.59. The van der Waals surface area contributed by atoms with Gasteiger partial charge in [-0.2, -0.15) is 5.10 Å². The van der Waals surface area contributed by atoms with E-state index in [4.69, 9.17) is 0 Å². The maximum Gasteiger partial charge on any atom is 0.132 e. The minimum absolute atomic E-state index is 0.198. The molecule has 0 bridgehead atoms. The number of benzene rings is 1. The maximum absolute atomic E-state index is 13.8. The third-order valence-corrected chi connectivity index (χ3v) is 3.02. The van der Waals surface area contributed by atoms with Gasteiger partial charge in [-0.15, -0.1) is 0 Å². The lowest BCUT2D eigenvalue weighted by molar-refractivity contribution is 0.627. The molecule has 0 saturated carbocycles. The number of hydrogen-bond donors (Lipinski definition) is 1. The van der Waals surface area contributed by atoms with Crippen LogP contribution in [0.3, 0.4) is 0 Å². The second kappa shape index (κ2) is 5.78. The first kappa shape index (κ1) is 12.8. The highest BCUT2D eigenvalue weighted by molar-refractivity contribution is 5.64. The largest absolute Gasteiger partial charge is 0.320 e. The Hall–Kier alpha value is -1.68. The lowest BCUT2D eigenvalue weighted by Gasteiger charge is -2.07. The molecule has 96 valence electrons. The molecular weight excluding hydrogens is 229 g/mol. The van der Waals surface area contributed by atoms with E-state index in [0.29, 0.717) is 5.56 Å². The molecule has 2 aromatic rings. The van der Waals surface area contributed by atoms with Crippen LogP contribution in [-0.2, 0) is 13.5 Å². The first-order valence-corrected chi connectivity index (χ1v) is 6.14. The smallest absolute Gasteiger partial charge is 0.132 e. The van der Waals surface area contributed by atoms with Crippen LogP contribution in [0.25, 0.3) is 11.3 Å². The van der Waals surface area contributed by atoms with E-state index in [2.05, 4.69) is 10.4 Å². The van der Waals surface area contributed by atoms with Gasteiger partial charge < -0.3 is 5.32 Å². The van der Waals surface area contributed by atoms with Crippen molar-refractivity contribution in [3.05, 3.63) is 41.8 Å². The van der Waals surface area contributed by atoms with Crippen LogP contribution >= 0.6 is 0 Å². The fourth-order valence-corrected chi connectivity index (χ4v) is 2.12. The Bertz CT molecular complexity index is 520. The summed E-state index contributed by atoms with van der Waals surface area (Å²) >= 11 is 0. The summed E-state index contributed by atoms with van der Waals surface area (Å²) in [6.45, 7) is 0.950. The molecule has 0 spiro atoms. The van der Waals surface area contributed by atoms with E-state index < -0.39 is 0 Å². The molecule has 4 heteroatoms. The molecule has 3 nitrogen and oxygen atoms in total. The second-order valence-electron chi connectivity index (χ2n) is 4.33. The number of rotatable bonds is 5. The van der Waals surface area contributed by atoms with E-state index in [0.717, 1.165) is 30.6 Å². The molecule has 0 saturated heterocycles. The van der Waals surface area contributed by atoms with Crippen LogP contribution in [0.5, 0.6) is 0 Å². The maximum atomic E-state index is 13.8. The average Bonchev–Trinajstić information content (AvgIpc) is 2.72. The van der Waals surface area contributed by atoms with Crippen molar-refractivity contribution in [3.63, 3.8) is 0 Å². The zero-order valence-corrected chi connectivity index (χ0v) is 10.8. The normalized spacial score (nSPS) is 10.8. The number of nitrogens with one attached hydrogen (secondary N) is 1. The summed E-state index contributed by atoms with van der Waals surface area (Å²) in [6, 6.07) is 6.84. The molecule has 0 atom stereocenters. The quantitative estimate of drug-likeness (QED) is 0.822. The van der Waals surface area contributed by atoms with Gasteiger partial charge in [0.2, 0.25) is 0 Å². The van der Waals surface area contributed by atoms with E-state index in [1.54, 1.807) is 16.8 Å². The van der Waals surface area contributed by atoms with Crippen LogP contribution in [0.15, 0.2) is 30.5 Å². The molecule has 1 aromatic carbocycles. The summed E-state index contributed by atoms with van der Waals surface area (Å²) in [5.74, 6) is -0.198. The van der Waals surface area contributed by atoms with E-state index >= 15 is 0 Å². The van der Waals surface area contributed by atoms with Crippen molar-refractivity contribution in [1.29, 1.82) is 0 Å². The highest BCUT2D eigenvalue weighted by Crippen LogP contribution is 2.26. The highest BCUT2D eigenvalue weighted by Gasteiger charge is 2.13. The standard InChI is InChI=1S/C14H18FN3/c1-16-9-5-6-11-10-17-18(2)14(11)12-7-3-4-8-13(12)15/h3-4,7-8,10,16H,5-6,9H2,1-2H3. The minimum atomic E-state index is -0.198. The fraction of sp³-hybridized carbons (Fsp3) is 0.357. The summed E-state index contributed by atoms with van der Waals surface area (Å²) in [5, 5.41) is 7.36. The molecule has 2 rings (SSSR count). The Morgan fingerprint density at radius 3 is 2.83 bits per heavy atom. The van der Waals surface area contributed by atoms with Gasteiger partial charge in [0, 0.05) is 12.6 Å². The fourth-order valence-electron chi connectivity index (χ4n) is 2.12. The SMILES string of the molecule is CNCCCc1cnn(C)c1-c1ccccc1F. The summed E-state index contributed by atoms with van der Waals surface area (Å²) in [6.07, 6.45) is 3.75. The Morgan fingerprint density at radius 2 is 2.11 bits per heavy atom. The number of halogens is 1. The van der Waals surface area contributed by atoms with Crippen molar-refractivity contribution < 1.29 is 4.39 Å². The highest BCUT2D eigenvalue weighted by atomic mass is 19.1. The molecule has 1 N–H and O–H groups in total. The number of aryl methyl sites for hydroxylation is 2. The second-order valence-corrected chi connectivity index (χ2v) is 4.33. The van der Waals surface area contributed by atoms with Crippen LogP contribution < -0.4 is 5.32 Å². The van der Waals surface area contributed by atoms with E-state index in [1.165, 1.54) is 6.07 Å². The monoisotopic (exact) mass is 247 g/mol. The third-order valence-electron chi connectivity index (χ3n) is 3.02. The van der Waals surface area contributed by atoms with Gasteiger partial charge in [-0.1, -0.05) is 12.1 Å². The van der Waals surface area contributed by atoms with Gasteiger partial charge in [-0.25, -0.2) is 4.39 Å². The lowest BCUT2D eigenvalue weighted by atomic mass is 10.0. The van der Waals surface area contributed by atoms with Crippen molar-refractivity contribution in [1.82, 2.24) is 15.1 Å². The molecule has 1 heterocycles. The Balaban J connectivity index is 2.32. The molecule has 0 fully saturated rings. The van der Waals surface area contributed by atoms with Crippen LogP contribution in [0.1, 0.15) is 12.0 Å². The summed E-state index contributed by atoms with van der Waals surface area (Å²) in [4.78, 5) is 0. The van der Waals surface area contributed by atoms with Gasteiger partial charge in [-0.3, -0.25) is 4.68 Å². The van der Waals surface area contributed by atoms with Crippen molar-refractivity contribution in [2.45, 2.75) is 12.8 Å². The molecule has 1 aromatic heterocycles. The van der Waals surface area contributed by atoms with Crippen LogP contribution in [0, 0.1) is 5.82 Å². The van der Waals surface area contributed by atoms with E-state index in [1.807, 2.05) is 26.4 Å². The average molecular weight is 247 g/mol. The van der Waals surface area contributed by atoms with Gasteiger partial charge >= 0.3 is 0 Å². The van der Waals surface area contributed by atoms with Crippen LogP contribution in [0.2, 0.25) is 0 Å². The van der Waals surface area contributed by atoms with Gasteiger partial charge in [0.15, 0.2) is 0 Å². The molecule has 0 unspecified atom stereocenters. The van der Waals surface area contributed by atoms with Crippen LogP contribution in [-0.4, -0.2) is 23.4 Å². The summed E-state index contributed by atoms with van der Waals surface area (Å²) in [7, 11) is 3.78. The number of hydrogen-bond acceptors (Lipinski definition) is 2. The molecule has 18 heavy (non-hydrogen) atoms. The van der Waals surface area contributed by atoms with Gasteiger partial charge in [0.1, 0.15) is 5.82 Å². The topological polar surface area (TPSA) is 29.9 Å². The molecular formula is C14H18FN3. The van der Waals surface area contributed by atoms with Gasteiger partial charge in [0.05, 0.1) is 11.9 Å². The van der Waals surface area contributed by atoms with Gasteiger partial charge in [-0.05, 0) is 44.1 Å². The predicted molar refractivity (Wildman–Crippen MR) is 70.8 cm³/mol. The van der Waals surface area contributed by atoms with Crippen molar-refractivity contribution >= 4 is 0 Å². The van der Waals surface area contributed by atoms with Crippen LogP contribution in [0.4, 0.5) is 4.39 Å². The first-order chi connectivity index (χ1) is 8.74. The van der Waals surface area contributed by atoms with Crippen molar-refractivity contribution in [3.8, 4) is 11.3 Å². The lowest BCUT2D eigenvalue weighted by Crippen LogP contribution is -2.08. The summed E-state index contributed by atoms with van der Waals surface area (Å²) in [5.41, 5.74) is 2.60. The molecule has 0 aliphatic heterocycles. The van der Waals surface area contributed by atoms with Crippen molar-refractivity contribution in [2.24, 2.45) is 7.05 Å². The predicted octanol–water partition coefficient (Wildman–Crippen LogP) is 2.38. The Labute approximate surface area is 107 Å². The number of nitrogens with zero attached hydrogens (tertiary/aromatic N) is 2. The molecule has 0 aliphatic carbocycles. The molecule has 0 radical (unpaired) electrons. The first-order valence-electron chi connectivity index (χ1n) is 6.14. The van der Waals surface area contributed by atoms with Gasteiger partial charge in [0.25, 0.3) is 0 Å². The van der Waals surface area contributed by atoms with E-state index in [9.17, 15) is 4.39 Å². The Kier molecular flexibility index (Phi) is 4.10. The van der Waals surface area contributed by atoms with E-state index in [-0.39, 0.29) is 5.82 Å². The molecule has 0 amide bonds. The number of aromatic nitrogens is 2. The van der Waals surface area contributed by atoms with Crippen molar-refractivity contribution in [2.75, 3.05) is 13.6 Å². The Morgan fingerprint density at radius 1 is 1.33 bits per heavy atom. The zero-order chi connectivity index (χ0) is 13.0.